The standard InChI is InChI=1S/C18H27ClFN3/c19-16-12-15(4-5-17(16)20)22-18(8-2-1-3-9-18)13-23-10-6-14(21)7-11-23/h4-5,12,14,22H,1-3,6-11,13,21H2. The zero-order chi connectivity index (χ0) is 16.3. The molecule has 23 heavy (non-hydrogen) atoms. The Morgan fingerprint density at radius 3 is 2.57 bits per heavy atom. The van der Waals surface area contributed by atoms with E-state index in [9.17, 15) is 4.39 Å². The largest absolute Gasteiger partial charge is 0.378 e. The summed E-state index contributed by atoms with van der Waals surface area (Å²) in [7, 11) is 0. The first-order chi connectivity index (χ1) is 11.1. The molecule has 3 rings (SSSR count). The Labute approximate surface area is 143 Å². The molecule has 0 bridgehead atoms. The molecule has 1 aliphatic heterocycles. The SMILES string of the molecule is NC1CCN(CC2(Nc3ccc(F)c(Cl)c3)CCCCC2)CC1. The van der Waals surface area contributed by atoms with E-state index in [1.54, 1.807) is 12.1 Å². The first kappa shape index (κ1) is 17.0. The minimum atomic E-state index is -0.361. The van der Waals surface area contributed by atoms with Crippen molar-refractivity contribution in [3.05, 3.63) is 29.0 Å². The summed E-state index contributed by atoms with van der Waals surface area (Å²) in [5.41, 5.74) is 7.02. The predicted molar refractivity (Wildman–Crippen MR) is 94.5 cm³/mol. The molecule has 1 saturated carbocycles. The number of halogens is 2. The monoisotopic (exact) mass is 339 g/mol. The summed E-state index contributed by atoms with van der Waals surface area (Å²) in [6.07, 6.45) is 8.27. The van der Waals surface area contributed by atoms with Gasteiger partial charge in [0.2, 0.25) is 0 Å². The van der Waals surface area contributed by atoms with Crippen LogP contribution in [0.1, 0.15) is 44.9 Å². The highest BCUT2D eigenvalue weighted by atomic mass is 35.5. The third-order valence-corrected chi connectivity index (χ3v) is 5.59. The van der Waals surface area contributed by atoms with Gasteiger partial charge in [-0.1, -0.05) is 30.9 Å². The number of nitrogens with zero attached hydrogens (tertiary/aromatic N) is 1. The van der Waals surface area contributed by atoms with E-state index in [-0.39, 0.29) is 16.4 Å². The van der Waals surface area contributed by atoms with Crippen LogP contribution in [0.25, 0.3) is 0 Å². The van der Waals surface area contributed by atoms with Gasteiger partial charge < -0.3 is 16.0 Å². The molecule has 3 nitrogen and oxygen atoms in total. The fourth-order valence-electron chi connectivity index (χ4n) is 3.97. The van der Waals surface area contributed by atoms with E-state index < -0.39 is 0 Å². The molecule has 1 aliphatic carbocycles. The average molecular weight is 340 g/mol. The van der Waals surface area contributed by atoms with Gasteiger partial charge in [-0.2, -0.15) is 0 Å². The van der Waals surface area contributed by atoms with Crippen molar-refractivity contribution in [3.8, 4) is 0 Å². The molecule has 2 fully saturated rings. The normalized spacial score (nSPS) is 22.9. The van der Waals surface area contributed by atoms with Crippen molar-refractivity contribution in [1.29, 1.82) is 0 Å². The van der Waals surface area contributed by atoms with E-state index in [1.807, 2.05) is 0 Å². The molecule has 0 aromatic heterocycles. The van der Waals surface area contributed by atoms with Crippen LogP contribution in [0.4, 0.5) is 10.1 Å². The molecule has 1 heterocycles. The van der Waals surface area contributed by atoms with Crippen molar-refractivity contribution in [2.45, 2.75) is 56.5 Å². The fourth-order valence-corrected chi connectivity index (χ4v) is 4.15. The molecule has 1 aromatic rings. The Morgan fingerprint density at radius 2 is 1.91 bits per heavy atom. The average Bonchev–Trinajstić information content (AvgIpc) is 2.54. The van der Waals surface area contributed by atoms with Gasteiger partial charge in [0.05, 0.1) is 5.02 Å². The van der Waals surface area contributed by atoms with Gasteiger partial charge >= 0.3 is 0 Å². The number of rotatable bonds is 4. The van der Waals surface area contributed by atoms with Gasteiger partial charge in [-0.15, -0.1) is 0 Å². The quantitative estimate of drug-likeness (QED) is 0.870. The van der Waals surface area contributed by atoms with Crippen LogP contribution in [0, 0.1) is 5.82 Å². The second-order valence-corrected chi connectivity index (χ2v) is 7.62. The number of likely N-dealkylation sites (tertiary alicyclic amines) is 1. The summed E-state index contributed by atoms with van der Waals surface area (Å²) >= 11 is 5.95. The van der Waals surface area contributed by atoms with Gasteiger partial charge in [-0.05, 0) is 57.0 Å². The molecule has 128 valence electrons. The summed E-state index contributed by atoms with van der Waals surface area (Å²) in [5, 5.41) is 3.88. The molecule has 0 amide bonds. The Hall–Kier alpha value is -0.840. The fraction of sp³-hybridized carbons (Fsp3) is 0.667. The second-order valence-electron chi connectivity index (χ2n) is 7.21. The first-order valence-corrected chi connectivity index (χ1v) is 9.15. The van der Waals surface area contributed by atoms with Crippen molar-refractivity contribution in [3.63, 3.8) is 0 Å². The predicted octanol–water partition coefficient (Wildman–Crippen LogP) is 4.02. The van der Waals surface area contributed by atoms with Gasteiger partial charge in [0, 0.05) is 23.8 Å². The maximum absolute atomic E-state index is 13.4. The van der Waals surface area contributed by atoms with Crippen LogP contribution in [-0.2, 0) is 0 Å². The van der Waals surface area contributed by atoms with Gasteiger partial charge in [-0.3, -0.25) is 0 Å². The first-order valence-electron chi connectivity index (χ1n) is 8.78. The van der Waals surface area contributed by atoms with Crippen LogP contribution < -0.4 is 11.1 Å². The Morgan fingerprint density at radius 1 is 1.22 bits per heavy atom. The van der Waals surface area contributed by atoms with E-state index in [0.29, 0.717) is 6.04 Å². The third-order valence-electron chi connectivity index (χ3n) is 5.30. The van der Waals surface area contributed by atoms with Gasteiger partial charge in [0.15, 0.2) is 0 Å². The van der Waals surface area contributed by atoms with E-state index in [1.165, 1.54) is 25.3 Å². The molecule has 1 aromatic carbocycles. The molecule has 0 atom stereocenters. The number of nitrogens with one attached hydrogen (secondary N) is 1. The summed E-state index contributed by atoms with van der Waals surface area (Å²) in [6, 6.07) is 5.31. The zero-order valence-corrected chi connectivity index (χ0v) is 14.4. The lowest BCUT2D eigenvalue weighted by Crippen LogP contribution is -2.52. The van der Waals surface area contributed by atoms with Crippen molar-refractivity contribution in [1.82, 2.24) is 4.90 Å². The van der Waals surface area contributed by atoms with Crippen LogP contribution >= 0.6 is 11.6 Å². The second kappa shape index (κ2) is 7.37. The van der Waals surface area contributed by atoms with Gasteiger partial charge in [0.25, 0.3) is 0 Å². The lowest BCUT2D eigenvalue weighted by atomic mass is 9.80. The highest BCUT2D eigenvalue weighted by Crippen LogP contribution is 2.34. The molecule has 2 aliphatic rings. The van der Waals surface area contributed by atoms with Crippen LogP contribution in [0.5, 0.6) is 0 Å². The van der Waals surface area contributed by atoms with Crippen molar-refractivity contribution >= 4 is 17.3 Å². The Kier molecular flexibility index (Phi) is 5.45. The van der Waals surface area contributed by atoms with Crippen LogP contribution in [0.3, 0.4) is 0 Å². The van der Waals surface area contributed by atoms with Crippen molar-refractivity contribution in [2.24, 2.45) is 5.73 Å². The van der Waals surface area contributed by atoms with Gasteiger partial charge in [0.1, 0.15) is 5.82 Å². The molecule has 1 saturated heterocycles. The Balaban J connectivity index is 1.72. The number of anilines is 1. The minimum absolute atomic E-state index is 0.0703. The topological polar surface area (TPSA) is 41.3 Å². The molecule has 5 heteroatoms. The van der Waals surface area contributed by atoms with E-state index in [2.05, 4.69) is 10.2 Å². The van der Waals surface area contributed by atoms with Crippen LogP contribution in [-0.4, -0.2) is 36.1 Å². The van der Waals surface area contributed by atoms with E-state index in [0.717, 1.165) is 51.0 Å². The molecular weight excluding hydrogens is 313 g/mol. The minimum Gasteiger partial charge on any atom is -0.378 e. The highest BCUT2D eigenvalue weighted by molar-refractivity contribution is 6.31. The third kappa shape index (κ3) is 4.37. The smallest absolute Gasteiger partial charge is 0.141 e. The van der Waals surface area contributed by atoms with E-state index in [4.69, 9.17) is 17.3 Å². The van der Waals surface area contributed by atoms with Crippen LogP contribution in [0.2, 0.25) is 5.02 Å². The van der Waals surface area contributed by atoms with E-state index >= 15 is 0 Å². The molecule has 3 N–H and O–H groups in total. The summed E-state index contributed by atoms with van der Waals surface area (Å²) < 4.78 is 13.4. The molecule has 0 spiro atoms. The van der Waals surface area contributed by atoms with Crippen molar-refractivity contribution in [2.75, 3.05) is 25.0 Å². The maximum Gasteiger partial charge on any atom is 0.141 e. The molecular formula is C18H27ClFN3. The molecule has 0 radical (unpaired) electrons. The highest BCUT2D eigenvalue weighted by Gasteiger charge is 2.34. The van der Waals surface area contributed by atoms with Gasteiger partial charge in [-0.25, -0.2) is 4.39 Å². The zero-order valence-electron chi connectivity index (χ0n) is 13.7. The summed E-state index contributed by atoms with van der Waals surface area (Å²) in [4.78, 5) is 2.53. The number of nitrogens with two attached hydrogens (primary N) is 1. The lowest BCUT2D eigenvalue weighted by molar-refractivity contribution is 0.154. The number of hydrogen-bond acceptors (Lipinski definition) is 3. The maximum atomic E-state index is 13.4. The van der Waals surface area contributed by atoms with Crippen LogP contribution in [0.15, 0.2) is 18.2 Å². The number of benzene rings is 1. The summed E-state index contributed by atoms with van der Waals surface area (Å²) in [6.45, 7) is 3.19. The molecule has 0 unspecified atom stereocenters. The summed E-state index contributed by atoms with van der Waals surface area (Å²) in [5.74, 6) is -0.361. The number of hydrogen-bond donors (Lipinski definition) is 2. The Bertz CT molecular complexity index is 523. The van der Waals surface area contributed by atoms with Crippen molar-refractivity contribution < 1.29 is 4.39 Å². The lowest BCUT2D eigenvalue weighted by Gasteiger charge is -2.44. The number of piperidine rings is 1.